The number of para-hydroxylation sites is 1. The molecule has 7 heteroatoms. The Labute approximate surface area is 197 Å². The van der Waals surface area contributed by atoms with Crippen LogP contribution in [0.2, 0.25) is 0 Å². The first-order chi connectivity index (χ1) is 16.1. The van der Waals surface area contributed by atoms with Gasteiger partial charge < -0.3 is 13.7 Å². The Balaban J connectivity index is 1.38. The lowest BCUT2D eigenvalue weighted by Crippen LogP contribution is -2.18. The molecule has 0 unspecified atom stereocenters. The van der Waals surface area contributed by atoms with Crippen molar-refractivity contribution in [1.29, 1.82) is 0 Å². The molecule has 0 radical (unpaired) electrons. The van der Waals surface area contributed by atoms with Crippen molar-refractivity contribution >= 4 is 44.7 Å². The summed E-state index contributed by atoms with van der Waals surface area (Å²) in [7, 11) is 3.36. The fourth-order valence-electron chi connectivity index (χ4n) is 3.94. The zero-order valence-electron chi connectivity index (χ0n) is 17.9. The maximum absolute atomic E-state index is 13.1. The van der Waals surface area contributed by atoms with E-state index in [1.54, 1.807) is 47.5 Å². The second-order valence-corrected chi connectivity index (χ2v) is 9.82. The van der Waals surface area contributed by atoms with Crippen LogP contribution in [0.5, 0.6) is 5.88 Å². The number of thiophene rings is 2. The highest BCUT2D eigenvalue weighted by atomic mass is 32.1. The Morgan fingerprint density at radius 3 is 2.39 bits per heavy atom. The predicted molar refractivity (Wildman–Crippen MR) is 135 cm³/mol. The molecule has 5 heterocycles. The minimum Gasteiger partial charge on any atom is -0.481 e. The maximum atomic E-state index is 13.1. The number of ether oxygens (including phenoxy) is 1. The SMILES string of the molecule is COc1ccc2c(cc(-c3ccc(-c4ccc(-c5cc6ccccc6o5)s4)s3)c(=O)n2C)n1. The van der Waals surface area contributed by atoms with Crippen LogP contribution in [0.25, 0.3) is 52.8 Å². The number of aryl methyl sites for hydroxylation is 1. The summed E-state index contributed by atoms with van der Waals surface area (Å²) >= 11 is 3.28. The monoisotopic (exact) mass is 470 g/mol. The van der Waals surface area contributed by atoms with Crippen LogP contribution in [0.4, 0.5) is 0 Å². The molecule has 0 spiro atoms. The van der Waals surface area contributed by atoms with Crippen LogP contribution in [0.15, 0.2) is 82.0 Å². The fraction of sp³-hybridized carbons (Fsp3) is 0.0769. The van der Waals surface area contributed by atoms with Crippen LogP contribution in [0.1, 0.15) is 0 Å². The smallest absolute Gasteiger partial charge is 0.259 e. The van der Waals surface area contributed by atoms with E-state index in [1.807, 2.05) is 36.4 Å². The molecular weight excluding hydrogens is 452 g/mol. The molecule has 0 aliphatic rings. The number of benzene rings is 1. The van der Waals surface area contributed by atoms with Gasteiger partial charge in [-0.1, -0.05) is 18.2 Å². The summed E-state index contributed by atoms with van der Waals surface area (Å²) in [6.45, 7) is 0. The second-order valence-electron chi connectivity index (χ2n) is 7.66. The molecule has 6 aromatic rings. The quantitative estimate of drug-likeness (QED) is 0.284. The van der Waals surface area contributed by atoms with Crippen LogP contribution < -0.4 is 10.3 Å². The lowest BCUT2D eigenvalue weighted by Gasteiger charge is -2.08. The van der Waals surface area contributed by atoms with E-state index >= 15 is 0 Å². The van der Waals surface area contributed by atoms with Crippen molar-refractivity contribution in [3.05, 3.63) is 83.2 Å². The number of fused-ring (bicyclic) bond motifs is 2. The molecule has 0 bridgehead atoms. The molecule has 6 rings (SSSR count). The molecule has 5 nitrogen and oxygen atoms in total. The lowest BCUT2D eigenvalue weighted by molar-refractivity contribution is 0.399. The summed E-state index contributed by atoms with van der Waals surface area (Å²) in [5.74, 6) is 1.39. The molecule has 0 fully saturated rings. The van der Waals surface area contributed by atoms with Gasteiger partial charge in [-0.25, -0.2) is 4.98 Å². The van der Waals surface area contributed by atoms with E-state index in [-0.39, 0.29) is 5.56 Å². The molecule has 0 aliphatic carbocycles. The van der Waals surface area contributed by atoms with Gasteiger partial charge in [-0.05, 0) is 48.5 Å². The Morgan fingerprint density at radius 1 is 0.879 bits per heavy atom. The van der Waals surface area contributed by atoms with Crippen LogP contribution in [0.3, 0.4) is 0 Å². The van der Waals surface area contributed by atoms with Crippen LogP contribution >= 0.6 is 22.7 Å². The van der Waals surface area contributed by atoms with Gasteiger partial charge in [0.15, 0.2) is 0 Å². The van der Waals surface area contributed by atoms with Crippen molar-refractivity contribution in [3.63, 3.8) is 0 Å². The van der Waals surface area contributed by atoms with Gasteiger partial charge in [0.05, 0.1) is 28.6 Å². The Bertz CT molecular complexity index is 1670. The Morgan fingerprint density at radius 2 is 1.61 bits per heavy atom. The van der Waals surface area contributed by atoms with Gasteiger partial charge in [-0.3, -0.25) is 4.79 Å². The topological polar surface area (TPSA) is 57.3 Å². The van der Waals surface area contributed by atoms with Crippen molar-refractivity contribution in [2.24, 2.45) is 7.05 Å². The summed E-state index contributed by atoms with van der Waals surface area (Å²) in [4.78, 5) is 21.8. The number of nitrogens with zero attached hydrogens (tertiary/aromatic N) is 2. The highest BCUT2D eigenvalue weighted by molar-refractivity contribution is 7.25. The molecule has 0 atom stereocenters. The molecule has 1 aromatic carbocycles. The predicted octanol–water partition coefficient (Wildman–Crippen LogP) is 6.81. The van der Waals surface area contributed by atoms with Crippen LogP contribution in [-0.2, 0) is 7.05 Å². The van der Waals surface area contributed by atoms with Gasteiger partial charge in [-0.2, -0.15) is 0 Å². The molecule has 0 N–H and O–H groups in total. The number of aromatic nitrogens is 2. The average molecular weight is 471 g/mol. The summed E-state index contributed by atoms with van der Waals surface area (Å²) < 4.78 is 12.9. The van der Waals surface area contributed by atoms with Crippen LogP contribution in [-0.4, -0.2) is 16.7 Å². The fourth-order valence-corrected chi connectivity index (χ4v) is 6.00. The van der Waals surface area contributed by atoms with Gasteiger partial charge in [0.25, 0.3) is 5.56 Å². The molecule has 0 saturated carbocycles. The molecular formula is C26H18N2O3S2. The molecule has 0 saturated heterocycles. The zero-order chi connectivity index (χ0) is 22.5. The van der Waals surface area contributed by atoms with Gasteiger partial charge in [0, 0.05) is 33.1 Å². The molecule has 0 amide bonds. The second kappa shape index (κ2) is 7.72. The van der Waals surface area contributed by atoms with Crippen molar-refractivity contribution in [2.75, 3.05) is 7.11 Å². The molecule has 162 valence electrons. The van der Waals surface area contributed by atoms with Gasteiger partial charge >= 0.3 is 0 Å². The largest absolute Gasteiger partial charge is 0.481 e. The van der Waals surface area contributed by atoms with E-state index in [1.165, 1.54) is 0 Å². The van der Waals surface area contributed by atoms with E-state index < -0.39 is 0 Å². The van der Waals surface area contributed by atoms with Crippen molar-refractivity contribution in [1.82, 2.24) is 9.55 Å². The number of methoxy groups -OCH3 is 1. The van der Waals surface area contributed by atoms with E-state index in [0.29, 0.717) is 11.4 Å². The maximum Gasteiger partial charge on any atom is 0.259 e. The summed E-state index contributed by atoms with van der Waals surface area (Å²) in [5.41, 5.74) is 2.98. The van der Waals surface area contributed by atoms with Gasteiger partial charge in [0.1, 0.15) is 11.3 Å². The highest BCUT2D eigenvalue weighted by Gasteiger charge is 2.15. The van der Waals surface area contributed by atoms with Crippen LogP contribution in [0, 0.1) is 0 Å². The number of rotatable bonds is 4. The number of hydrogen-bond acceptors (Lipinski definition) is 6. The first-order valence-corrected chi connectivity index (χ1v) is 12.0. The van der Waals surface area contributed by atoms with E-state index in [2.05, 4.69) is 35.3 Å². The Hall–Kier alpha value is -3.68. The highest BCUT2D eigenvalue weighted by Crippen LogP contribution is 2.41. The summed E-state index contributed by atoms with van der Waals surface area (Å²) in [6.07, 6.45) is 0. The average Bonchev–Trinajstić information content (AvgIpc) is 3.59. The number of hydrogen-bond donors (Lipinski definition) is 0. The van der Waals surface area contributed by atoms with Gasteiger partial charge in [0.2, 0.25) is 5.88 Å². The lowest BCUT2D eigenvalue weighted by atomic mass is 10.2. The minimum atomic E-state index is -0.0444. The third kappa shape index (κ3) is 3.37. The summed E-state index contributed by atoms with van der Waals surface area (Å²) in [6, 6.07) is 23.8. The molecule has 5 aromatic heterocycles. The summed E-state index contributed by atoms with van der Waals surface area (Å²) in [5, 5.41) is 1.10. The Kier molecular flexibility index (Phi) is 4.67. The first-order valence-electron chi connectivity index (χ1n) is 10.3. The molecule has 0 aliphatic heterocycles. The van der Waals surface area contributed by atoms with E-state index in [0.717, 1.165) is 47.3 Å². The number of furan rings is 1. The van der Waals surface area contributed by atoms with E-state index in [4.69, 9.17) is 9.15 Å². The standard InChI is InChI=1S/C26H18N2O3S2/c1-28-18-7-12-25(30-2)27-17(18)14-16(26(28)29)21-8-10-23(32-21)24-11-9-22(33-24)20-13-15-5-3-4-6-19(15)31-20/h3-14H,1-2H3. The zero-order valence-corrected chi connectivity index (χ0v) is 19.5. The normalized spacial score (nSPS) is 11.5. The third-order valence-corrected chi connectivity index (χ3v) is 8.07. The molecule has 33 heavy (non-hydrogen) atoms. The van der Waals surface area contributed by atoms with Crippen molar-refractivity contribution < 1.29 is 9.15 Å². The minimum absolute atomic E-state index is 0.0444. The van der Waals surface area contributed by atoms with E-state index in [9.17, 15) is 4.79 Å². The third-order valence-electron chi connectivity index (χ3n) is 5.65. The van der Waals surface area contributed by atoms with Gasteiger partial charge in [-0.15, -0.1) is 22.7 Å². The first kappa shape index (κ1) is 20.0. The number of pyridine rings is 2. The van der Waals surface area contributed by atoms with Crippen molar-refractivity contribution in [2.45, 2.75) is 0 Å². The van der Waals surface area contributed by atoms with Crippen molar-refractivity contribution in [3.8, 4) is 36.7 Å².